The van der Waals surface area contributed by atoms with E-state index in [1.54, 1.807) is 12.1 Å². The van der Waals surface area contributed by atoms with Gasteiger partial charge in [0.2, 0.25) is 11.9 Å². The number of H-pyrrole nitrogens is 1. The number of aromatic amines is 1. The van der Waals surface area contributed by atoms with Crippen LogP contribution in [0.15, 0.2) is 29.1 Å². The van der Waals surface area contributed by atoms with Crippen LogP contribution >= 0.6 is 0 Å². The van der Waals surface area contributed by atoms with Gasteiger partial charge in [-0.15, -0.1) is 0 Å². The minimum Gasteiger partial charge on any atom is -0.341 e. The highest BCUT2D eigenvalue weighted by Gasteiger charge is 2.14. The fraction of sp³-hybridized carbons (Fsp3) is 0.400. The normalized spacial score (nSPS) is 14.9. The number of benzene rings is 1. The third kappa shape index (κ3) is 3.86. The molecule has 1 aromatic heterocycles. The van der Waals surface area contributed by atoms with Gasteiger partial charge < -0.3 is 10.2 Å². The first kappa shape index (κ1) is 15.9. The van der Waals surface area contributed by atoms with Crippen molar-refractivity contribution in [1.82, 2.24) is 15.0 Å². The molecule has 0 unspecified atom stereocenters. The summed E-state index contributed by atoms with van der Waals surface area (Å²) in [4.78, 5) is 34.9. The highest BCUT2D eigenvalue weighted by molar-refractivity contribution is 5.56. The molecule has 9 nitrogen and oxygen atoms in total. The van der Waals surface area contributed by atoms with Gasteiger partial charge >= 0.3 is 5.69 Å². The number of nitrogens with one attached hydrogen (secondary N) is 2. The molecule has 0 radical (unpaired) electrons. The molecule has 1 aliphatic heterocycles. The monoisotopic (exact) mass is 330 g/mol. The molecule has 2 heterocycles. The Labute approximate surface area is 137 Å². The molecule has 9 heteroatoms. The quantitative estimate of drug-likeness (QED) is 0.652. The van der Waals surface area contributed by atoms with E-state index in [1.165, 1.54) is 25.0 Å². The first-order valence-corrected chi connectivity index (χ1v) is 7.86. The number of non-ortho nitro benzene ring substituents is 1. The minimum absolute atomic E-state index is 0.00184. The molecule has 0 amide bonds. The van der Waals surface area contributed by atoms with Crippen molar-refractivity contribution in [2.45, 2.75) is 25.7 Å². The van der Waals surface area contributed by atoms with Crippen LogP contribution in [0.2, 0.25) is 0 Å². The Balaban J connectivity index is 1.80. The van der Waals surface area contributed by atoms with E-state index in [0.29, 0.717) is 11.6 Å². The van der Waals surface area contributed by atoms with Crippen molar-refractivity contribution >= 4 is 23.3 Å². The van der Waals surface area contributed by atoms with Crippen molar-refractivity contribution < 1.29 is 4.92 Å². The average molecular weight is 330 g/mol. The molecule has 24 heavy (non-hydrogen) atoms. The summed E-state index contributed by atoms with van der Waals surface area (Å²) in [6.45, 7) is 1.67. The van der Waals surface area contributed by atoms with E-state index in [4.69, 9.17) is 0 Å². The van der Waals surface area contributed by atoms with Crippen molar-refractivity contribution in [3.05, 3.63) is 44.9 Å². The summed E-state index contributed by atoms with van der Waals surface area (Å²) >= 11 is 0. The van der Waals surface area contributed by atoms with E-state index < -0.39 is 10.6 Å². The molecule has 0 spiro atoms. The molecule has 1 aromatic carbocycles. The fourth-order valence-electron chi connectivity index (χ4n) is 2.65. The van der Waals surface area contributed by atoms with Gasteiger partial charge in [0.05, 0.1) is 4.92 Å². The van der Waals surface area contributed by atoms with Gasteiger partial charge in [0, 0.05) is 30.9 Å². The van der Waals surface area contributed by atoms with Crippen molar-refractivity contribution in [3.63, 3.8) is 0 Å². The third-order valence-electron chi connectivity index (χ3n) is 3.87. The maximum absolute atomic E-state index is 11.8. The molecule has 1 fully saturated rings. The first-order valence-electron chi connectivity index (χ1n) is 7.86. The van der Waals surface area contributed by atoms with Gasteiger partial charge in [-0.05, 0) is 25.0 Å². The Morgan fingerprint density at radius 2 is 1.75 bits per heavy atom. The molecule has 2 aromatic rings. The van der Waals surface area contributed by atoms with Crippen molar-refractivity contribution in [2.75, 3.05) is 23.3 Å². The van der Waals surface area contributed by atoms with E-state index in [9.17, 15) is 14.9 Å². The highest BCUT2D eigenvalue weighted by atomic mass is 16.6. The predicted molar refractivity (Wildman–Crippen MR) is 89.7 cm³/mol. The summed E-state index contributed by atoms with van der Waals surface area (Å²) in [5.74, 6) is 0.674. The fourth-order valence-corrected chi connectivity index (χ4v) is 2.65. The lowest BCUT2D eigenvalue weighted by atomic mass is 10.2. The second kappa shape index (κ2) is 7.07. The Morgan fingerprint density at radius 3 is 2.38 bits per heavy atom. The summed E-state index contributed by atoms with van der Waals surface area (Å²) in [5.41, 5.74) is 0.118. The van der Waals surface area contributed by atoms with Crippen LogP contribution in [0.5, 0.6) is 0 Å². The molecule has 0 saturated carbocycles. The van der Waals surface area contributed by atoms with Gasteiger partial charge in [-0.2, -0.15) is 9.97 Å². The van der Waals surface area contributed by atoms with Crippen LogP contribution in [0.1, 0.15) is 25.7 Å². The third-order valence-corrected chi connectivity index (χ3v) is 3.87. The predicted octanol–water partition coefficient (Wildman–Crippen LogP) is 2.20. The molecule has 0 atom stereocenters. The van der Waals surface area contributed by atoms with Crippen LogP contribution in [-0.4, -0.2) is 33.0 Å². The highest BCUT2D eigenvalue weighted by Crippen LogP contribution is 2.19. The topological polar surface area (TPSA) is 117 Å². The van der Waals surface area contributed by atoms with Crippen LogP contribution in [0, 0.1) is 10.1 Å². The van der Waals surface area contributed by atoms with Gasteiger partial charge in [-0.1, -0.05) is 12.8 Å². The van der Waals surface area contributed by atoms with Gasteiger partial charge in [0.1, 0.15) is 0 Å². The lowest BCUT2D eigenvalue weighted by molar-refractivity contribution is -0.384. The van der Waals surface area contributed by atoms with E-state index in [0.717, 1.165) is 25.9 Å². The van der Waals surface area contributed by atoms with Crippen LogP contribution < -0.4 is 15.9 Å². The number of hydrogen-bond acceptors (Lipinski definition) is 7. The zero-order valence-electron chi connectivity index (χ0n) is 13.1. The number of nitro benzene ring substituents is 1. The number of anilines is 3. The summed E-state index contributed by atoms with van der Waals surface area (Å²) in [7, 11) is 0. The van der Waals surface area contributed by atoms with Gasteiger partial charge in [0.15, 0.2) is 0 Å². The number of hydrogen-bond donors (Lipinski definition) is 2. The molecule has 0 bridgehead atoms. The molecular weight excluding hydrogens is 312 g/mol. The maximum Gasteiger partial charge on any atom is 0.351 e. The molecule has 1 aliphatic rings. The van der Waals surface area contributed by atoms with Gasteiger partial charge in [0.25, 0.3) is 5.69 Å². The van der Waals surface area contributed by atoms with Crippen molar-refractivity contribution in [3.8, 4) is 0 Å². The zero-order chi connectivity index (χ0) is 16.9. The van der Waals surface area contributed by atoms with E-state index >= 15 is 0 Å². The number of aromatic nitrogens is 3. The molecule has 126 valence electrons. The second-order valence-electron chi connectivity index (χ2n) is 5.63. The summed E-state index contributed by atoms with van der Waals surface area (Å²) in [6.07, 6.45) is 4.46. The van der Waals surface area contributed by atoms with Gasteiger partial charge in [-0.25, -0.2) is 4.79 Å². The SMILES string of the molecule is O=c1nc(N2CCCCCC2)nc(Nc2ccc([N+](=O)[O-])cc2)[nH]1. The van der Waals surface area contributed by atoms with E-state index in [-0.39, 0.29) is 11.6 Å². The first-order chi connectivity index (χ1) is 11.6. The van der Waals surface area contributed by atoms with Crippen molar-refractivity contribution in [2.24, 2.45) is 0 Å². The van der Waals surface area contributed by atoms with Crippen molar-refractivity contribution in [1.29, 1.82) is 0 Å². The average Bonchev–Trinajstić information content (AvgIpc) is 2.84. The van der Waals surface area contributed by atoms with Crippen LogP contribution in [-0.2, 0) is 0 Å². The number of nitro groups is 1. The second-order valence-corrected chi connectivity index (χ2v) is 5.63. The standard InChI is InChI=1S/C15H18N6O3/c22-15-18-13(16-11-5-7-12(8-6-11)21(23)24)17-14(19-15)20-9-3-1-2-4-10-20/h5-8H,1-4,9-10H2,(H2,16,17,18,19,22). The molecular formula is C15H18N6O3. The zero-order valence-corrected chi connectivity index (χ0v) is 13.1. The summed E-state index contributed by atoms with van der Waals surface area (Å²) in [5, 5.41) is 13.6. The molecule has 3 rings (SSSR count). The summed E-state index contributed by atoms with van der Waals surface area (Å²) < 4.78 is 0. The lowest BCUT2D eigenvalue weighted by Crippen LogP contribution is -2.29. The Morgan fingerprint density at radius 1 is 1.08 bits per heavy atom. The maximum atomic E-state index is 11.8. The van der Waals surface area contributed by atoms with E-state index in [2.05, 4.69) is 20.3 Å². The molecule has 1 saturated heterocycles. The lowest BCUT2D eigenvalue weighted by Gasteiger charge is -2.20. The Kier molecular flexibility index (Phi) is 4.69. The van der Waals surface area contributed by atoms with E-state index in [1.807, 2.05) is 4.90 Å². The smallest absolute Gasteiger partial charge is 0.341 e. The largest absolute Gasteiger partial charge is 0.351 e. The molecule has 0 aliphatic carbocycles. The van der Waals surface area contributed by atoms with Crippen LogP contribution in [0.4, 0.5) is 23.3 Å². The number of nitrogens with zero attached hydrogens (tertiary/aromatic N) is 4. The molecule has 2 N–H and O–H groups in total. The summed E-state index contributed by atoms with van der Waals surface area (Å²) in [6, 6.07) is 5.89. The van der Waals surface area contributed by atoms with Crippen LogP contribution in [0.25, 0.3) is 0 Å². The number of rotatable bonds is 4. The van der Waals surface area contributed by atoms with Crippen LogP contribution in [0.3, 0.4) is 0 Å². The Bertz CT molecular complexity index is 766. The minimum atomic E-state index is -0.478. The van der Waals surface area contributed by atoms with Gasteiger partial charge in [-0.3, -0.25) is 15.1 Å². The Hall–Kier alpha value is -2.97.